The number of aromatic nitrogens is 2. The fraction of sp³-hybridized carbons (Fsp3) is 0.545. The van der Waals surface area contributed by atoms with Crippen LogP contribution in [0.15, 0.2) is 36.7 Å². The van der Waals surface area contributed by atoms with Crippen LogP contribution in [-0.4, -0.2) is 59.5 Å². The molecule has 2 heterocycles. The van der Waals surface area contributed by atoms with Crippen molar-refractivity contribution in [3.05, 3.63) is 47.8 Å². The van der Waals surface area contributed by atoms with E-state index in [0.717, 1.165) is 50.4 Å². The van der Waals surface area contributed by atoms with Crippen LogP contribution in [0.3, 0.4) is 0 Å². The summed E-state index contributed by atoms with van der Waals surface area (Å²) in [5, 5.41) is 7.48. The predicted octanol–water partition coefficient (Wildman–Crippen LogP) is 3.05. The van der Waals surface area contributed by atoms with Crippen molar-refractivity contribution < 1.29 is 9.53 Å². The Labute approximate surface area is 167 Å². The maximum absolute atomic E-state index is 12.7. The molecule has 1 unspecified atom stereocenters. The van der Waals surface area contributed by atoms with E-state index in [0.29, 0.717) is 24.1 Å². The number of hydrogen-bond acceptors (Lipinski definition) is 4. The molecule has 1 aromatic carbocycles. The number of rotatable bonds is 8. The van der Waals surface area contributed by atoms with E-state index in [2.05, 4.69) is 29.2 Å². The molecule has 2 aromatic rings. The number of carbonyl (C=O) groups is 1. The number of amides is 1. The van der Waals surface area contributed by atoms with Crippen molar-refractivity contribution in [1.29, 1.82) is 0 Å². The monoisotopic (exact) mass is 384 g/mol. The van der Waals surface area contributed by atoms with Crippen LogP contribution in [0, 0.1) is 12.8 Å². The van der Waals surface area contributed by atoms with E-state index in [-0.39, 0.29) is 5.91 Å². The van der Waals surface area contributed by atoms with Gasteiger partial charge in [-0.3, -0.25) is 9.69 Å². The minimum atomic E-state index is -0.0209. The smallest absolute Gasteiger partial charge is 0.251 e. The molecule has 0 radical (unpaired) electrons. The molecule has 0 aliphatic carbocycles. The highest BCUT2D eigenvalue weighted by Gasteiger charge is 2.27. The van der Waals surface area contributed by atoms with E-state index >= 15 is 0 Å². The molecule has 152 valence electrons. The highest BCUT2D eigenvalue weighted by atomic mass is 16.5. The Balaban J connectivity index is 1.63. The van der Waals surface area contributed by atoms with Crippen LogP contribution in [-0.2, 0) is 4.74 Å². The van der Waals surface area contributed by atoms with Gasteiger partial charge in [0.1, 0.15) is 0 Å². The van der Waals surface area contributed by atoms with E-state index in [1.54, 1.807) is 0 Å². The van der Waals surface area contributed by atoms with Crippen LogP contribution >= 0.6 is 0 Å². The number of hydrogen-bond donors (Lipinski definition) is 1. The number of aryl methyl sites for hydroxylation is 1. The molecule has 6 heteroatoms. The molecule has 1 fully saturated rings. The van der Waals surface area contributed by atoms with Crippen molar-refractivity contribution in [2.75, 3.05) is 32.8 Å². The fourth-order valence-corrected chi connectivity index (χ4v) is 3.95. The van der Waals surface area contributed by atoms with Gasteiger partial charge in [-0.15, -0.1) is 0 Å². The van der Waals surface area contributed by atoms with Crippen LogP contribution in [0.4, 0.5) is 0 Å². The SMILES string of the molecule is CCC(CC)C(CNC(=O)c1ccc(-n2cc(C)cn2)cc1)N1CCOCC1. The summed E-state index contributed by atoms with van der Waals surface area (Å²) < 4.78 is 7.32. The van der Waals surface area contributed by atoms with Gasteiger partial charge in [-0.2, -0.15) is 5.10 Å². The second-order valence-corrected chi connectivity index (χ2v) is 7.51. The van der Waals surface area contributed by atoms with Crippen molar-refractivity contribution in [3.63, 3.8) is 0 Å². The Morgan fingerprint density at radius 3 is 2.43 bits per heavy atom. The quantitative estimate of drug-likeness (QED) is 0.760. The summed E-state index contributed by atoms with van der Waals surface area (Å²) >= 11 is 0. The van der Waals surface area contributed by atoms with Gasteiger partial charge in [-0.25, -0.2) is 4.68 Å². The molecule has 0 saturated carbocycles. The van der Waals surface area contributed by atoms with Crippen molar-refractivity contribution in [3.8, 4) is 5.69 Å². The lowest BCUT2D eigenvalue weighted by Crippen LogP contribution is -2.52. The van der Waals surface area contributed by atoms with Crippen LogP contribution in [0.2, 0.25) is 0 Å². The Morgan fingerprint density at radius 2 is 1.86 bits per heavy atom. The first-order valence-electron chi connectivity index (χ1n) is 10.3. The van der Waals surface area contributed by atoms with Gasteiger partial charge in [0, 0.05) is 37.4 Å². The maximum Gasteiger partial charge on any atom is 0.251 e. The molecular weight excluding hydrogens is 352 g/mol. The summed E-state index contributed by atoms with van der Waals surface area (Å²) in [6.07, 6.45) is 6.03. The molecule has 0 bridgehead atoms. The Kier molecular flexibility index (Phi) is 7.23. The number of morpholine rings is 1. The normalized spacial score (nSPS) is 16.3. The lowest BCUT2D eigenvalue weighted by atomic mass is 9.92. The molecule has 1 N–H and O–H groups in total. The third kappa shape index (κ3) is 5.00. The van der Waals surface area contributed by atoms with Gasteiger partial charge in [0.25, 0.3) is 5.91 Å². The summed E-state index contributed by atoms with van der Waals surface area (Å²) in [6, 6.07) is 7.95. The first-order chi connectivity index (χ1) is 13.6. The van der Waals surface area contributed by atoms with Gasteiger partial charge in [0.05, 0.1) is 25.1 Å². The van der Waals surface area contributed by atoms with Crippen molar-refractivity contribution in [1.82, 2.24) is 20.0 Å². The summed E-state index contributed by atoms with van der Waals surface area (Å²) in [5.74, 6) is 0.552. The number of ether oxygens (including phenoxy) is 1. The third-order valence-corrected chi connectivity index (χ3v) is 5.69. The van der Waals surface area contributed by atoms with Gasteiger partial charge in [-0.1, -0.05) is 26.7 Å². The highest BCUT2D eigenvalue weighted by molar-refractivity contribution is 5.94. The van der Waals surface area contributed by atoms with E-state index in [9.17, 15) is 4.79 Å². The molecule has 3 rings (SSSR count). The van der Waals surface area contributed by atoms with E-state index < -0.39 is 0 Å². The van der Waals surface area contributed by atoms with Crippen molar-refractivity contribution >= 4 is 5.91 Å². The Bertz CT molecular complexity index is 746. The first kappa shape index (κ1) is 20.6. The average molecular weight is 385 g/mol. The molecule has 1 amide bonds. The van der Waals surface area contributed by atoms with Crippen molar-refractivity contribution in [2.24, 2.45) is 5.92 Å². The van der Waals surface area contributed by atoms with E-state index in [4.69, 9.17) is 4.74 Å². The number of nitrogens with zero attached hydrogens (tertiary/aromatic N) is 3. The third-order valence-electron chi connectivity index (χ3n) is 5.69. The zero-order chi connectivity index (χ0) is 19.9. The largest absolute Gasteiger partial charge is 0.379 e. The molecule has 28 heavy (non-hydrogen) atoms. The Hall–Kier alpha value is -2.18. The summed E-state index contributed by atoms with van der Waals surface area (Å²) in [4.78, 5) is 15.2. The van der Waals surface area contributed by atoms with E-state index in [1.807, 2.05) is 48.3 Å². The number of nitrogens with one attached hydrogen (secondary N) is 1. The zero-order valence-electron chi connectivity index (χ0n) is 17.2. The Morgan fingerprint density at radius 1 is 1.18 bits per heavy atom. The molecule has 1 aliphatic rings. The number of carbonyl (C=O) groups excluding carboxylic acids is 1. The van der Waals surface area contributed by atoms with Crippen molar-refractivity contribution in [2.45, 2.75) is 39.7 Å². The molecular formula is C22H32N4O2. The molecule has 1 aliphatic heterocycles. The zero-order valence-corrected chi connectivity index (χ0v) is 17.2. The first-order valence-corrected chi connectivity index (χ1v) is 10.3. The minimum Gasteiger partial charge on any atom is -0.379 e. The van der Waals surface area contributed by atoms with Gasteiger partial charge in [-0.05, 0) is 42.7 Å². The maximum atomic E-state index is 12.7. The van der Waals surface area contributed by atoms with Crippen LogP contribution in [0.5, 0.6) is 0 Å². The fourth-order valence-electron chi connectivity index (χ4n) is 3.95. The second-order valence-electron chi connectivity index (χ2n) is 7.51. The highest BCUT2D eigenvalue weighted by Crippen LogP contribution is 2.20. The van der Waals surface area contributed by atoms with Gasteiger partial charge in [0.15, 0.2) is 0 Å². The van der Waals surface area contributed by atoms with E-state index in [1.165, 1.54) is 0 Å². The standard InChI is InChI=1S/C22H32N4O2/c1-4-18(5-2)21(25-10-12-28-13-11-25)15-23-22(27)19-6-8-20(9-7-19)26-16-17(3)14-24-26/h6-9,14,16,18,21H,4-5,10-13,15H2,1-3H3,(H,23,27). The molecule has 1 atom stereocenters. The minimum absolute atomic E-state index is 0.0209. The lowest BCUT2D eigenvalue weighted by molar-refractivity contribution is 0.00191. The molecule has 0 spiro atoms. The number of benzene rings is 1. The summed E-state index contributed by atoms with van der Waals surface area (Å²) in [5.41, 5.74) is 2.74. The lowest BCUT2D eigenvalue weighted by Gasteiger charge is -2.38. The van der Waals surface area contributed by atoms with Crippen LogP contribution in [0.25, 0.3) is 5.69 Å². The van der Waals surface area contributed by atoms with Gasteiger partial charge in [0.2, 0.25) is 0 Å². The molecule has 1 aromatic heterocycles. The summed E-state index contributed by atoms with van der Waals surface area (Å²) in [7, 11) is 0. The van der Waals surface area contributed by atoms with Gasteiger partial charge >= 0.3 is 0 Å². The van der Waals surface area contributed by atoms with Crippen LogP contribution in [0.1, 0.15) is 42.6 Å². The molecule has 1 saturated heterocycles. The van der Waals surface area contributed by atoms with Gasteiger partial charge < -0.3 is 10.1 Å². The van der Waals surface area contributed by atoms with Crippen LogP contribution < -0.4 is 5.32 Å². The topological polar surface area (TPSA) is 59.4 Å². The predicted molar refractivity (Wildman–Crippen MR) is 111 cm³/mol. The second kappa shape index (κ2) is 9.85. The average Bonchev–Trinajstić information content (AvgIpc) is 3.18. The molecule has 6 nitrogen and oxygen atoms in total. The summed E-state index contributed by atoms with van der Waals surface area (Å²) in [6.45, 7) is 10.6.